The molecule has 0 amide bonds. The Hall–Kier alpha value is -1.10. The van der Waals surface area contributed by atoms with Gasteiger partial charge >= 0.3 is 0 Å². The summed E-state index contributed by atoms with van der Waals surface area (Å²) in [5, 5.41) is 27.5. The molecule has 0 saturated carbocycles. The van der Waals surface area contributed by atoms with Gasteiger partial charge in [0, 0.05) is 5.56 Å². The molecule has 0 unspecified atom stereocenters. The van der Waals surface area contributed by atoms with Crippen molar-refractivity contribution in [1.29, 1.82) is 0 Å². The number of hydrogen-bond donors (Lipinski definition) is 4. The number of aromatic hydroxyl groups is 1. The molecule has 0 bridgehead atoms. The van der Waals surface area contributed by atoms with Gasteiger partial charge in [-0.2, -0.15) is 0 Å². The van der Waals surface area contributed by atoms with Crippen molar-refractivity contribution in [2.24, 2.45) is 5.73 Å². The van der Waals surface area contributed by atoms with Gasteiger partial charge in [-0.05, 0) is 12.1 Å². The van der Waals surface area contributed by atoms with E-state index in [9.17, 15) is 10.2 Å². The molecule has 0 saturated heterocycles. The molecule has 0 atom stereocenters. The van der Waals surface area contributed by atoms with Crippen LogP contribution in [0.4, 0.5) is 0 Å². The zero-order chi connectivity index (χ0) is 9.19. The number of phenols is 1. The lowest BCUT2D eigenvalue weighted by atomic mass is 10.1. The number of benzene rings is 1. The molecule has 4 heteroatoms. The normalized spacial score (nSPS) is 11.6. The molecular weight excluding hydrogens is 158 g/mol. The van der Waals surface area contributed by atoms with Crippen molar-refractivity contribution >= 4 is 0 Å². The number of aliphatic hydroxyl groups is 2. The summed E-state index contributed by atoms with van der Waals surface area (Å²) in [5.41, 5.74) is 5.29. The van der Waals surface area contributed by atoms with Gasteiger partial charge in [0.1, 0.15) is 5.75 Å². The molecule has 0 aliphatic heterocycles. The quantitative estimate of drug-likeness (QED) is 0.449. The summed E-state index contributed by atoms with van der Waals surface area (Å²) in [7, 11) is 0. The van der Waals surface area contributed by atoms with E-state index in [1.54, 1.807) is 0 Å². The van der Waals surface area contributed by atoms with Gasteiger partial charge in [-0.1, -0.05) is 12.1 Å². The van der Waals surface area contributed by atoms with Crippen LogP contribution < -0.4 is 5.73 Å². The van der Waals surface area contributed by atoms with E-state index in [1.165, 1.54) is 24.3 Å². The van der Waals surface area contributed by atoms with Gasteiger partial charge < -0.3 is 21.1 Å². The van der Waals surface area contributed by atoms with Crippen molar-refractivity contribution in [2.45, 2.75) is 5.79 Å². The highest BCUT2D eigenvalue weighted by Gasteiger charge is 2.23. The highest BCUT2D eigenvalue weighted by Crippen LogP contribution is 2.20. The average Bonchev–Trinajstić information content (AvgIpc) is 2.05. The molecule has 0 fully saturated rings. The predicted molar refractivity (Wildman–Crippen MR) is 43.3 cm³/mol. The van der Waals surface area contributed by atoms with Crippen molar-refractivity contribution in [3.63, 3.8) is 0 Å². The standard InChI is InChI=1S/C8H11NO3/c9-5-8(11,12)6-2-1-3-7(10)4-6/h1-4,10-12H,5,9H2. The largest absolute Gasteiger partial charge is 0.508 e. The van der Waals surface area contributed by atoms with Crippen LogP contribution in [-0.2, 0) is 5.79 Å². The fourth-order valence-corrected chi connectivity index (χ4v) is 0.873. The van der Waals surface area contributed by atoms with Crippen molar-refractivity contribution in [3.8, 4) is 5.75 Å². The minimum Gasteiger partial charge on any atom is -0.508 e. The van der Waals surface area contributed by atoms with Crippen molar-refractivity contribution in [1.82, 2.24) is 0 Å². The molecule has 1 rings (SSSR count). The zero-order valence-corrected chi connectivity index (χ0v) is 6.44. The van der Waals surface area contributed by atoms with Gasteiger partial charge in [-0.15, -0.1) is 0 Å². The third-order valence-corrected chi connectivity index (χ3v) is 1.59. The second kappa shape index (κ2) is 3.10. The molecule has 0 spiro atoms. The van der Waals surface area contributed by atoms with Crippen LogP contribution in [0.25, 0.3) is 0 Å². The smallest absolute Gasteiger partial charge is 0.202 e. The van der Waals surface area contributed by atoms with E-state index < -0.39 is 5.79 Å². The monoisotopic (exact) mass is 169 g/mol. The number of hydrogen-bond acceptors (Lipinski definition) is 4. The van der Waals surface area contributed by atoms with Gasteiger partial charge in [0.25, 0.3) is 0 Å². The lowest BCUT2D eigenvalue weighted by molar-refractivity contribution is -0.160. The third kappa shape index (κ3) is 1.73. The number of rotatable bonds is 2. The molecule has 0 aliphatic carbocycles. The van der Waals surface area contributed by atoms with Crippen molar-refractivity contribution in [3.05, 3.63) is 29.8 Å². The van der Waals surface area contributed by atoms with E-state index >= 15 is 0 Å². The van der Waals surface area contributed by atoms with Gasteiger partial charge in [0.15, 0.2) is 0 Å². The SMILES string of the molecule is NCC(O)(O)c1cccc(O)c1. The Morgan fingerprint density at radius 2 is 2.00 bits per heavy atom. The maximum absolute atomic E-state index is 9.24. The molecule has 4 nitrogen and oxygen atoms in total. The van der Waals surface area contributed by atoms with Crippen LogP contribution in [-0.4, -0.2) is 21.9 Å². The van der Waals surface area contributed by atoms with E-state index in [4.69, 9.17) is 10.8 Å². The van der Waals surface area contributed by atoms with Crippen LogP contribution in [0.15, 0.2) is 24.3 Å². The molecule has 1 aromatic rings. The van der Waals surface area contributed by atoms with Crippen LogP contribution in [0.3, 0.4) is 0 Å². The first-order valence-electron chi connectivity index (χ1n) is 3.50. The van der Waals surface area contributed by atoms with Gasteiger partial charge in [0.05, 0.1) is 6.54 Å². The molecular formula is C8H11NO3. The molecule has 0 heterocycles. The Bertz CT molecular complexity index is 273. The lowest BCUT2D eigenvalue weighted by Crippen LogP contribution is -2.34. The molecule has 0 aromatic heterocycles. The van der Waals surface area contributed by atoms with E-state index in [1.807, 2.05) is 0 Å². The van der Waals surface area contributed by atoms with Crippen LogP contribution in [0, 0.1) is 0 Å². The molecule has 66 valence electrons. The first-order chi connectivity index (χ1) is 5.56. The Morgan fingerprint density at radius 1 is 1.33 bits per heavy atom. The summed E-state index contributed by atoms with van der Waals surface area (Å²) in [6.07, 6.45) is 0. The van der Waals surface area contributed by atoms with Crippen LogP contribution in [0.5, 0.6) is 5.75 Å². The summed E-state index contributed by atoms with van der Waals surface area (Å²) < 4.78 is 0. The summed E-state index contributed by atoms with van der Waals surface area (Å²) in [6, 6.07) is 5.69. The first kappa shape index (κ1) is 8.99. The van der Waals surface area contributed by atoms with Crippen LogP contribution in [0.1, 0.15) is 5.56 Å². The third-order valence-electron chi connectivity index (χ3n) is 1.59. The first-order valence-corrected chi connectivity index (χ1v) is 3.50. The maximum Gasteiger partial charge on any atom is 0.202 e. The Kier molecular flexibility index (Phi) is 2.32. The maximum atomic E-state index is 9.24. The number of phenolic OH excluding ortho intramolecular Hbond substituents is 1. The Labute approximate surface area is 69.9 Å². The summed E-state index contributed by atoms with van der Waals surface area (Å²) >= 11 is 0. The fraction of sp³-hybridized carbons (Fsp3) is 0.250. The summed E-state index contributed by atoms with van der Waals surface area (Å²) in [6.45, 7) is -0.309. The highest BCUT2D eigenvalue weighted by molar-refractivity contribution is 5.29. The predicted octanol–water partition coefficient (Wildman–Crippen LogP) is -0.512. The van der Waals surface area contributed by atoms with Crippen LogP contribution >= 0.6 is 0 Å². The Balaban J connectivity index is 3.03. The van der Waals surface area contributed by atoms with Crippen LogP contribution in [0.2, 0.25) is 0 Å². The highest BCUT2D eigenvalue weighted by atomic mass is 16.5. The Morgan fingerprint density at radius 3 is 2.50 bits per heavy atom. The summed E-state index contributed by atoms with van der Waals surface area (Å²) in [5.74, 6) is -2.08. The minimum atomic E-state index is -2.06. The van der Waals surface area contributed by atoms with Gasteiger partial charge in [0.2, 0.25) is 5.79 Å². The lowest BCUT2D eigenvalue weighted by Gasteiger charge is -2.19. The average molecular weight is 169 g/mol. The fourth-order valence-electron chi connectivity index (χ4n) is 0.873. The molecule has 12 heavy (non-hydrogen) atoms. The topological polar surface area (TPSA) is 86.7 Å². The summed E-state index contributed by atoms with van der Waals surface area (Å²) in [4.78, 5) is 0. The van der Waals surface area contributed by atoms with E-state index in [-0.39, 0.29) is 17.9 Å². The zero-order valence-electron chi connectivity index (χ0n) is 6.44. The number of nitrogens with two attached hydrogens (primary N) is 1. The van der Waals surface area contributed by atoms with Crippen molar-refractivity contribution in [2.75, 3.05) is 6.54 Å². The molecule has 0 radical (unpaired) electrons. The molecule has 0 aliphatic rings. The molecule has 1 aromatic carbocycles. The second-order valence-corrected chi connectivity index (χ2v) is 2.57. The van der Waals surface area contributed by atoms with E-state index in [0.29, 0.717) is 0 Å². The van der Waals surface area contributed by atoms with E-state index in [2.05, 4.69) is 0 Å². The van der Waals surface area contributed by atoms with Crippen molar-refractivity contribution < 1.29 is 15.3 Å². The van der Waals surface area contributed by atoms with Gasteiger partial charge in [-0.25, -0.2) is 0 Å². The second-order valence-electron chi connectivity index (χ2n) is 2.57. The van der Waals surface area contributed by atoms with E-state index in [0.717, 1.165) is 0 Å². The minimum absolute atomic E-state index is 0.0200. The van der Waals surface area contributed by atoms with Gasteiger partial charge in [-0.3, -0.25) is 0 Å². The molecule has 5 N–H and O–H groups in total.